The van der Waals surface area contributed by atoms with E-state index < -0.39 is 0 Å². The van der Waals surface area contributed by atoms with Crippen LogP contribution in [0.2, 0.25) is 0 Å². The fourth-order valence-corrected chi connectivity index (χ4v) is 3.19. The van der Waals surface area contributed by atoms with Gasteiger partial charge in [0.1, 0.15) is 0 Å². The van der Waals surface area contributed by atoms with E-state index in [1.165, 1.54) is 17.3 Å². The van der Waals surface area contributed by atoms with Crippen molar-refractivity contribution in [1.29, 1.82) is 0 Å². The van der Waals surface area contributed by atoms with E-state index in [2.05, 4.69) is 49.7 Å². The predicted molar refractivity (Wildman–Crippen MR) is 79.0 cm³/mol. The van der Waals surface area contributed by atoms with E-state index in [4.69, 9.17) is 10.8 Å². The number of aryl methyl sites for hydroxylation is 1. The van der Waals surface area contributed by atoms with Crippen LogP contribution in [0.25, 0.3) is 10.9 Å². The van der Waals surface area contributed by atoms with Gasteiger partial charge in [0, 0.05) is 24.4 Å². The number of para-hydroxylation sites is 1. The Morgan fingerprint density at radius 1 is 1.42 bits per heavy atom. The van der Waals surface area contributed by atoms with Crippen LogP contribution in [0.3, 0.4) is 0 Å². The number of hydrogen-bond donors (Lipinski definition) is 1. The molecular weight excluding hydrogens is 234 g/mol. The number of nitrogens with two attached hydrogens (primary N) is 1. The quantitative estimate of drug-likeness (QED) is 0.915. The fraction of sp³-hybridized carbons (Fsp3) is 0.562. The van der Waals surface area contributed by atoms with E-state index in [0.29, 0.717) is 11.3 Å². The Labute approximate surface area is 114 Å². The van der Waals surface area contributed by atoms with E-state index >= 15 is 0 Å². The van der Waals surface area contributed by atoms with Crippen LogP contribution in [0, 0.1) is 11.3 Å². The Morgan fingerprint density at radius 2 is 2.11 bits per heavy atom. The summed E-state index contributed by atoms with van der Waals surface area (Å²) in [4.78, 5) is 0. The minimum Gasteiger partial charge on any atom is -0.327 e. The molecule has 2 unspecified atom stereocenters. The molecule has 19 heavy (non-hydrogen) atoms. The predicted octanol–water partition coefficient (Wildman–Crippen LogP) is 2.97. The molecule has 0 bridgehead atoms. The molecule has 2 N–H and O–H groups in total. The number of benzene rings is 1. The van der Waals surface area contributed by atoms with Crippen LogP contribution in [0.15, 0.2) is 24.3 Å². The molecule has 1 aromatic carbocycles. The zero-order valence-electron chi connectivity index (χ0n) is 12.1. The molecule has 2 atom stereocenters. The Bertz CT molecular complexity index is 597. The van der Waals surface area contributed by atoms with Gasteiger partial charge in [0.05, 0.1) is 11.2 Å². The lowest BCUT2D eigenvalue weighted by Crippen LogP contribution is -2.27. The second-order valence-electron chi connectivity index (χ2n) is 6.45. The molecule has 1 aromatic heterocycles. The summed E-state index contributed by atoms with van der Waals surface area (Å²) in [6.45, 7) is 7.65. The third-order valence-corrected chi connectivity index (χ3v) is 4.57. The molecule has 3 nitrogen and oxygen atoms in total. The molecule has 1 aliphatic carbocycles. The van der Waals surface area contributed by atoms with E-state index in [1.54, 1.807) is 0 Å². The van der Waals surface area contributed by atoms with Crippen LogP contribution < -0.4 is 5.73 Å². The Balaban J connectivity index is 1.89. The zero-order valence-corrected chi connectivity index (χ0v) is 12.1. The highest BCUT2D eigenvalue weighted by atomic mass is 15.3. The van der Waals surface area contributed by atoms with Crippen molar-refractivity contribution in [3.8, 4) is 0 Å². The molecule has 1 saturated carbocycles. The standard InChI is InChI=1S/C16H23N3/c1-4-19-15-8-6-5-7-11(15)14(18-19)9-13(17)12-10-16(12,2)3/h5-8,12-13H,4,9-10,17H2,1-3H3. The van der Waals surface area contributed by atoms with Gasteiger partial charge < -0.3 is 5.73 Å². The van der Waals surface area contributed by atoms with Crippen LogP contribution in [0.5, 0.6) is 0 Å². The second-order valence-corrected chi connectivity index (χ2v) is 6.45. The van der Waals surface area contributed by atoms with Crippen molar-refractivity contribution < 1.29 is 0 Å². The molecule has 1 aliphatic rings. The van der Waals surface area contributed by atoms with Gasteiger partial charge in [0.25, 0.3) is 0 Å². The van der Waals surface area contributed by atoms with Gasteiger partial charge in [0.2, 0.25) is 0 Å². The molecule has 0 amide bonds. The summed E-state index contributed by atoms with van der Waals surface area (Å²) in [5.41, 5.74) is 9.20. The summed E-state index contributed by atoms with van der Waals surface area (Å²) in [6, 6.07) is 8.69. The Kier molecular flexibility index (Phi) is 2.90. The number of rotatable bonds is 4. The Hall–Kier alpha value is -1.35. The van der Waals surface area contributed by atoms with Crippen molar-refractivity contribution in [2.45, 2.75) is 46.2 Å². The van der Waals surface area contributed by atoms with Gasteiger partial charge in [-0.05, 0) is 30.7 Å². The van der Waals surface area contributed by atoms with Crippen molar-refractivity contribution >= 4 is 10.9 Å². The summed E-state index contributed by atoms with van der Waals surface area (Å²) in [6.07, 6.45) is 2.14. The topological polar surface area (TPSA) is 43.8 Å². The number of hydrogen-bond acceptors (Lipinski definition) is 2. The van der Waals surface area contributed by atoms with Gasteiger partial charge in [-0.15, -0.1) is 0 Å². The molecule has 1 heterocycles. The lowest BCUT2D eigenvalue weighted by Gasteiger charge is -2.12. The molecule has 102 valence electrons. The van der Waals surface area contributed by atoms with Gasteiger partial charge in [0.15, 0.2) is 0 Å². The van der Waals surface area contributed by atoms with Crippen LogP contribution in [-0.4, -0.2) is 15.8 Å². The maximum absolute atomic E-state index is 6.38. The maximum Gasteiger partial charge on any atom is 0.0718 e. The molecular formula is C16H23N3. The van der Waals surface area contributed by atoms with Crippen LogP contribution in [0.1, 0.15) is 32.9 Å². The highest BCUT2D eigenvalue weighted by Crippen LogP contribution is 2.53. The van der Waals surface area contributed by atoms with Crippen molar-refractivity contribution in [2.75, 3.05) is 0 Å². The zero-order chi connectivity index (χ0) is 13.6. The van der Waals surface area contributed by atoms with Crippen molar-refractivity contribution in [3.63, 3.8) is 0 Å². The number of nitrogens with zero attached hydrogens (tertiary/aromatic N) is 2. The van der Waals surface area contributed by atoms with E-state index in [-0.39, 0.29) is 6.04 Å². The highest BCUT2D eigenvalue weighted by Gasteiger charge is 2.48. The molecule has 3 rings (SSSR count). The second kappa shape index (κ2) is 4.34. The monoisotopic (exact) mass is 257 g/mol. The molecule has 1 fully saturated rings. The van der Waals surface area contributed by atoms with Gasteiger partial charge in [-0.25, -0.2) is 0 Å². The lowest BCUT2D eigenvalue weighted by atomic mass is 9.99. The number of aromatic nitrogens is 2. The summed E-state index contributed by atoms with van der Waals surface area (Å²) in [7, 11) is 0. The summed E-state index contributed by atoms with van der Waals surface area (Å²) >= 11 is 0. The Morgan fingerprint density at radius 3 is 2.74 bits per heavy atom. The number of fused-ring (bicyclic) bond motifs is 1. The largest absolute Gasteiger partial charge is 0.327 e. The lowest BCUT2D eigenvalue weighted by molar-refractivity contribution is 0.472. The van der Waals surface area contributed by atoms with Gasteiger partial charge >= 0.3 is 0 Å². The first kappa shape index (κ1) is 12.7. The first-order chi connectivity index (χ1) is 9.03. The molecule has 3 heteroatoms. The molecule has 0 radical (unpaired) electrons. The third-order valence-electron chi connectivity index (χ3n) is 4.57. The van der Waals surface area contributed by atoms with E-state index in [1.807, 2.05) is 0 Å². The summed E-state index contributed by atoms with van der Waals surface area (Å²) < 4.78 is 2.08. The highest BCUT2D eigenvalue weighted by molar-refractivity contribution is 5.82. The first-order valence-corrected chi connectivity index (χ1v) is 7.23. The normalized spacial score (nSPS) is 22.6. The molecule has 0 spiro atoms. The van der Waals surface area contributed by atoms with Crippen molar-refractivity contribution in [3.05, 3.63) is 30.0 Å². The van der Waals surface area contributed by atoms with Gasteiger partial charge in [-0.3, -0.25) is 4.68 Å². The van der Waals surface area contributed by atoms with Crippen LogP contribution in [0.4, 0.5) is 0 Å². The van der Waals surface area contributed by atoms with Crippen LogP contribution in [-0.2, 0) is 13.0 Å². The molecule has 0 aliphatic heterocycles. The SMILES string of the molecule is CCn1nc(CC(N)C2CC2(C)C)c2ccccc21. The molecule has 2 aromatic rings. The maximum atomic E-state index is 6.38. The van der Waals surface area contributed by atoms with Crippen molar-refractivity contribution in [2.24, 2.45) is 17.1 Å². The smallest absolute Gasteiger partial charge is 0.0718 e. The minimum absolute atomic E-state index is 0.235. The molecule has 0 saturated heterocycles. The van der Waals surface area contributed by atoms with E-state index in [0.717, 1.165) is 18.7 Å². The summed E-state index contributed by atoms with van der Waals surface area (Å²) in [5.74, 6) is 0.651. The average molecular weight is 257 g/mol. The summed E-state index contributed by atoms with van der Waals surface area (Å²) in [5, 5.41) is 6.00. The first-order valence-electron chi connectivity index (χ1n) is 7.23. The van der Waals surface area contributed by atoms with E-state index in [9.17, 15) is 0 Å². The fourth-order valence-electron chi connectivity index (χ4n) is 3.19. The van der Waals surface area contributed by atoms with Crippen molar-refractivity contribution in [1.82, 2.24) is 9.78 Å². The minimum atomic E-state index is 0.235. The van der Waals surface area contributed by atoms with Gasteiger partial charge in [-0.1, -0.05) is 32.0 Å². The van der Waals surface area contributed by atoms with Gasteiger partial charge in [-0.2, -0.15) is 5.10 Å². The average Bonchev–Trinajstić information content (AvgIpc) is 2.90. The third kappa shape index (κ3) is 2.16. The van der Waals surface area contributed by atoms with Crippen LogP contribution >= 0.6 is 0 Å².